The molecule has 1 aromatic heterocycles. The van der Waals surface area contributed by atoms with Gasteiger partial charge in [0.25, 0.3) is 0 Å². The Kier molecular flexibility index (Phi) is 7.94. The van der Waals surface area contributed by atoms with Crippen LogP contribution in [0.2, 0.25) is 0 Å². The molecule has 3 aromatic rings. The average molecular weight is 473 g/mol. The van der Waals surface area contributed by atoms with Gasteiger partial charge >= 0.3 is 6.09 Å². The van der Waals surface area contributed by atoms with Gasteiger partial charge in [-0.3, -0.25) is 0 Å². The molecule has 1 aliphatic heterocycles. The van der Waals surface area contributed by atoms with Crippen molar-refractivity contribution in [3.63, 3.8) is 0 Å². The van der Waals surface area contributed by atoms with Crippen molar-refractivity contribution in [2.45, 2.75) is 25.8 Å². The lowest BCUT2D eigenvalue weighted by Crippen LogP contribution is -2.41. The third kappa shape index (κ3) is 5.46. The third-order valence-corrected chi connectivity index (χ3v) is 6.01. The minimum Gasteiger partial charge on any atom is -0.507 e. The zero-order chi connectivity index (χ0) is 22.7. The minimum atomic E-state index is -1.02. The van der Waals surface area contributed by atoms with E-state index in [1.54, 1.807) is 25.3 Å². The summed E-state index contributed by atoms with van der Waals surface area (Å²) in [6, 6.07) is 12.9. The molecule has 1 aliphatic rings. The number of carboxylic acid groups (broad SMARTS) is 1. The van der Waals surface area contributed by atoms with Gasteiger partial charge in [-0.2, -0.15) is 0 Å². The van der Waals surface area contributed by atoms with Crippen LogP contribution in [-0.4, -0.2) is 59.1 Å². The number of para-hydroxylation sites is 1. The van der Waals surface area contributed by atoms with Crippen molar-refractivity contribution in [1.29, 1.82) is 0 Å². The summed E-state index contributed by atoms with van der Waals surface area (Å²) in [6.45, 7) is 3.95. The molecule has 4 rings (SSSR count). The van der Waals surface area contributed by atoms with Gasteiger partial charge in [-0.1, -0.05) is 18.2 Å². The first-order chi connectivity index (χ1) is 15.5. The van der Waals surface area contributed by atoms with E-state index in [9.17, 15) is 15.0 Å². The summed E-state index contributed by atoms with van der Waals surface area (Å²) in [5.41, 5.74) is 2.49. The van der Waals surface area contributed by atoms with Crippen molar-refractivity contribution in [2.75, 3.05) is 31.7 Å². The van der Waals surface area contributed by atoms with E-state index in [2.05, 4.69) is 10.2 Å². The van der Waals surface area contributed by atoms with Crippen LogP contribution >= 0.6 is 12.4 Å². The number of aromatic hydroxyl groups is 1. The maximum atomic E-state index is 11.3. The van der Waals surface area contributed by atoms with Crippen molar-refractivity contribution in [3.05, 3.63) is 48.0 Å². The number of hydrogen-bond acceptors (Lipinski definition) is 6. The molecule has 0 saturated carbocycles. The van der Waals surface area contributed by atoms with Gasteiger partial charge in [0.1, 0.15) is 11.6 Å². The fraction of sp³-hybridized carbons (Fsp3) is 0.375. The number of fused-ring (bicyclic) bond motifs is 1. The standard InChI is InChI=1S/C24H28N4O4.ClH/c1-15-7-8-17-20(13-15)25-22(18-5-3-4-6-21(18)29)27-23(17)28-11-9-16(14-28)19(10-12-32-2)26-24(30)31;/h3-8,13,16,19,26,29H,9-12,14H2,1-2H3,(H,30,31);1H. The molecule has 9 heteroatoms. The zero-order valence-electron chi connectivity index (χ0n) is 18.7. The zero-order valence-corrected chi connectivity index (χ0v) is 19.5. The number of aryl methyl sites for hydroxylation is 1. The summed E-state index contributed by atoms with van der Waals surface area (Å²) in [4.78, 5) is 23.1. The van der Waals surface area contributed by atoms with Gasteiger partial charge in [0.05, 0.1) is 11.1 Å². The molecular formula is C24H29ClN4O4. The van der Waals surface area contributed by atoms with Crippen LogP contribution in [-0.2, 0) is 4.74 Å². The number of phenols is 1. The molecule has 176 valence electrons. The number of aromatic nitrogens is 2. The van der Waals surface area contributed by atoms with Gasteiger partial charge in [0.15, 0.2) is 5.82 Å². The molecule has 8 nitrogen and oxygen atoms in total. The summed E-state index contributed by atoms with van der Waals surface area (Å²) in [5.74, 6) is 1.55. The van der Waals surface area contributed by atoms with Crippen molar-refractivity contribution in [1.82, 2.24) is 15.3 Å². The highest BCUT2D eigenvalue weighted by molar-refractivity contribution is 5.92. The smallest absolute Gasteiger partial charge is 0.404 e. The Bertz CT molecular complexity index is 1130. The van der Waals surface area contributed by atoms with Gasteiger partial charge in [0.2, 0.25) is 0 Å². The Morgan fingerprint density at radius 3 is 2.79 bits per heavy atom. The molecule has 1 amide bonds. The molecule has 0 radical (unpaired) electrons. The number of benzene rings is 2. The largest absolute Gasteiger partial charge is 0.507 e. The lowest BCUT2D eigenvalue weighted by atomic mass is 9.96. The molecular weight excluding hydrogens is 444 g/mol. The van der Waals surface area contributed by atoms with Gasteiger partial charge in [-0.15, -0.1) is 12.4 Å². The monoisotopic (exact) mass is 472 g/mol. The van der Waals surface area contributed by atoms with Gasteiger partial charge in [0, 0.05) is 38.2 Å². The molecule has 1 fully saturated rings. The van der Waals surface area contributed by atoms with Gasteiger partial charge < -0.3 is 25.2 Å². The predicted octanol–water partition coefficient (Wildman–Crippen LogP) is 4.23. The quantitative estimate of drug-likeness (QED) is 0.472. The molecule has 0 spiro atoms. The van der Waals surface area contributed by atoms with Crippen LogP contribution in [0.25, 0.3) is 22.3 Å². The summed E-state index contributed by atoms with van der Waals surface area (Å²) >= 11 is 0. The molecule has 0 aliphatic carbocycles. The van der Waals surface area contributed by atoms with Crippen LogP contribution in [0.5, 0.6) is 5.75 Å². The molecule has 2 unspecified atom stereocenters. The fourth-order valence-electron chi connectivity index (χ4n) is 4.38. The van der Waals surface area contributed by atoms with Crippen LogP contribution in [0.4, 0.5) is 10.6 Å². The minimum absolute atomic E-state index is 0. The average Bonchev–Trinajstić information content (AvgIpc) is 3.25. The Hall–Kier alpha value is -3.10. The lowest BCUT2D eigenvalue weighted by Gasteiger charge is -2.25. The maximum absolute atomic E-state index is 11.3. The number of nitrogens with one attached hydrogen (secondary N) is 1. The molecule has 2 heterocycles. The van der Waals surface area contributed by atoms with Gasteiger partial charge in [-0.05, 0) is 55.5 Å². The van der Waals surface area contributed by atoms with E-state index < -0.39 is 6.09 Å². The Labute approximate surface area is 199 Å². The van der Waals surface area contributed by atoms with E-state index >= 15 is 0 Å². The SMILES string of the molecule is COCCC(NC(=O)O)C1CCN(c2nc(-c3ccccc3O)nc3cc(C)ccc23)C1.Cl. The number of amides is 1. The van der Waals surface area contributed by atoms with E-state index in [1.807, 2.05) is 31.2 Å². The van der Waals surface area contributed by atoms with Crippen molar-refractivity contribution < 1.29 is 19.7 Å². The molecule has 2 aromatic carbocycles. The second kappa shape index (κ2) is 10.7. The van der Waals surface area contributed by atoms with E-state index in [-0.39, 0.29) is 30.1 Å². The number of carbonyl (C=O) groups is 1. The van der Waals surface area contributed by atoms with E-state index in [4.69, 9.17) is 14.7 Å². The van der Waals surface area contributed by atoms with Crippen LogP contribution in [0, 0.1) is 12.8 Å². The molecule has 0 bridgehead atoms. The Morgan fingerprint density at radius 1 is 1.27 bits per heavy atom. The second-order valence-electron chi connectivity index (χ2n) is 8.24. The lowest BCUT2D eigenvalue weighted by molar-refractivity contribution is 0.159. The Balaban J connectivity index is 0.00000306. The number of rotatable bonds is 7. The van der Waals surface area contributed by atoms with E-state index in [0.717, 1.165) is 35.2 Å². The van der Waals surface area contributed by atoms with Crippen LogP contribution in [0.15, 0.2) is 42.5 Å². The van der Waals surface area contributed by atoms with Crippen LogP contribution < -0.4 is 10.2 Å². The first-order valence-electron chi connectivity index (χ1n) is 10.8. The van der Waals surface area contributed by atoms with Crippen LogP contribution in [0.3, 0.4) is 0 Å². The normalized spacial score (nSPS) is 16.4. The number of ether oxygens (including phenoxy) is 1. The van der Waals surface area contributed by atoms with Crippen LogP contribution in [0.1, 0.15) is 18.4 Å². The third-order valence-electron chi connectivity index (χ3n) is 6.01. The number of phenolic OH excluding ortho intramolecular Hbond substituents is 1. The number of hydrogen-bond donors (Lipinski definition) is 3. The molecule has 33 heavy (non-hydrogen) atoms. The highest BCUT2D eigenvalue weighted by Gasteiger charge is 2.32. The molecule has 1 saturated heterocycles. The van der Waals surface area contributed by atoms with Crippen molar-refractivity contribution >= 4 is 35.2 Å². The first kappa shape index (κ1) is 24.5. The summed E-state index contributed by atoms with van der Waals surface area (Å²) in [7, 11) is 1.62. The number of methoxy groups -OCH3 is 1. The molecule has 3 N–H and O–H groups in total. The Morgan fingerprint density at radius 2 is 2.06 bits per heavy atom. The summed E-state index contributed by atoms with van der Waals surface area (Å²) < 4.78 is 5.18. The number of halogens is 1. The van der Waals surface area contributed by atoms with E-state index in [1.165, 1.54) is 0 Å². The van der Waals surface area contributed by atoms with Crippen molar-refractivity contribution in [2.24, 2.45) is 5.92 Å². The van der Waals surface area contributed by atoms with E-state index in [0.29, 0.717) is 31.0 Å². The van der Waals surface area contributed by atoms with Gasteiger partial charge in [-0.25, -0.2) is 14.8 Å². The molecule has 2 atom stereocenters. The fourth-order valence-corrected chi connectivity index (χ4v) is 4.38. The maximum Gasteiger partial charge on any atom is 0.404 e. The number of nitrogens with zero attached hydrogens (tertiary/aromatic N) is 3. The van der Waals surface area contributed by atoms with Crippen molar-refractivity contribution in [3.8, 4) is 17.1 Å². The topological polar surface area (TPSA) is 108 Å². The number of anilines is 1. The summed E-state index contributed by atoms with van der Waals surface area (Å²) in [6.07, 6.45) is 0.445. The predicted molar refractivity (Wildman–Crippen MR) is 130 cm³/mol. The first-order valence-corrected chi connectivity index (χ1v) is 10.8. The second-order valence-corrected chi connectivity index (χ2v) is 8.24. The summed E-state index contributed by atoms with van der Waals surface area (Å²) in [5, 5.41) is 23.2. The highest BCUT2D eigenvalue weighted by Crippen LogP contribution is 2.34. The highest BCUT2D eigenvalue weighted by atomic mass is 35.5.